The summed E-state index contributed by atoms with van der Waals surface area (Å²) in [4.78, 5) is 13.1. The van der Waals surface area contributed by atoms with Gasteiger partial charge in [-0.05, 0) is 42.5 Å². The van der Waals surface area contributed by atoms with E-state index in [0.717, 1.165) is 21.3 Å². The first-order chi connectivity index (χ1) is 13.6. The van der Waals surface area contributed by atoms with Crippen LogP contribution < -0.4 is 4.90 Å². The summed E-state index contributed by atoms with van der Waals surface area (Å²) >= 11 is 12.9. The number of benzene rings is 2. The Bertz CT molecular complexity index is 1050. The van der Waals surface area contributed by atoms with Crippen molar-refractivity contribution in [3.05, 3.63) is 64.0 Å². The summed E-state index contributed by atoms with van der Waals surface area (Å²) in [5, 5.41) is 3.82. The van der Waals surface area contributed by atoms with Crippen LogP contribution in [0.25, 0.3) is 0 Å². The number of aryl methyl sites for hydroxylation is 1. The van der Waals surface area contributed by atoms with Gasteiger partial charge in [0, 0.05) is 17.0 Å². The Morgan fingerprint density at radius 2 is 1.79 bits per heavy atom. The van der Waals surface area contributed by atoms with Crippen LogP contribution in [0.1, 0.15) is 5.69 Å². The molecule has 29 heavy (non-hydrogen) atoms. The molecule has 0 unspecified atom stereocenters. The second-order valence-electron chi connectivity index (χ2n) is 5.75. The minimum absolute atomic E-state index is 0.00511. The van der Waals surface area contributed by atoms with Gasteiger partial charge in [0.1, 0.15) is 16.5 Å². The molecular formula is C18H11Cl2F4N3OS. The molecule has 0 radical (unpaired) electrons. The third kappa shape index (κ3) is 4.52. The van der Waals surface area contributed by atoms with E-state index in [1.807, 2.05) is 0 Å². The van der Waals surface area contributed by atoms with Crippen molar-refractivity contribution in [3.63, 3.8) is 0 Å². The Hall–Kier alpha value is -2.23. The van der Waals surface area contributed by atoms with E-state index in [9.17, 15) is 22.4 Å². The molecule has 3 rings (SSSR count). The second-order valence-corrected chi connectivity index (χ2v) is 7.66. The van der Waals surface area contributed by atoms with Crippen LogP contribution in [0.4, 0.5) is 28.9 Å². The minimum atomic E-state index is -4.84. The van der Waals surface area contributed by atoms with Gasteiger partial charge in [-0.25, -0.2) is 4.39 Å². The smallest absolute Gasteiger partial charge is 0.278 e. The Labute approximate surface area is 177 Å². The molecule has 0 saturated heterocycles. The number of carbonyl (C=O) groups is 1. The highest BCUT2D eigenvalue weighted by molar-refractivity contribution is 7.99. The molecule has 1 heterocycles. The predicted octanol–water partition coefficient (Wildman–Crippen LogP) is 6.33. The number of alkyl halides is 3. The van der Waals surface area contributed by atoms with E-state index in [4.69, 9.17) is 23.2 Å². The second kappa shape index (κ2) is 8.25. The van der Waals surface area contributed by atoms with Crippen LogP contribution >= 0.6 is 35.0 Å². The summed E-state index contributed by atoms with van der Waals surface area (Å²) in [5.74, 6) is -0.488. The lowest BCUT2D eigenvalue weighted by Crippen LogP contribution is -2.19. The van der Waals surface area contributed by atoms with Crippen molar-refractivity contribution >= 4 is 52.7 Å². The largest absolute Gasteiger partial charge is 0.437 e. The molecule has 152 valence electrons. The third-order valence-corrected chi connectivity index (χ3v) is 5.48. The van der Waals surface area contributed by atoms with Gasteiger partial charge in [-0.15, -0.1) is 0 Å². The lowest BCUT2D eigenvalue weighted by atomic mass is 10.2. The molecular weight excluding hydrogens is 453 g/mol. The number of nitrogens with zero attached hydrogens (tertiary/aromatic N) is 3. The summed E-state index contributed by atoms with van der Waals surface area (Å²) in [7, 11) is 1.32. The lowest BCUT2D eigenvalue weighted by molar-refractivity contribution is -0.140. The number of aromatic nitrogens is 2. The number of amides is 1. The average molecular weight is 464 g/mol. The van der Waals surface area contributed by atoms with E-state index in [-0.39, 0.29) is 27.2 Å². The molecule has 0 saturated carbocycles. The normalized spacial score (nSPS) is 11.6. The van der Waals surface area contributed by atoms with E-state index in [1.54, 1.807) is 0 Å². The highest BCUT2D eigenvalue weighted by Crippen LogP contribution is 2.46. The fourth-order valence-corrected chi connectivity index (χ4v) is 4.00. The Balaban J connectivity index is 2.20. The van der Waals surface area contributed by atoms with Crippen LogP contribution in [0.2, 0.25) is 10.0 Å². The highest BCUT2D eigenvalue weighted by atomic mass is 35.5. The molecule has 2 aromatic carbocycles. The molecule has 0 aliphatic rings. The molecule has 0 aliphatic carbocycles. The van der Waals surface area contributed by atoms with Crippen molar-refractivity contribution in [1.29, 1.82) is 0 Å². The standard InChI is InChI=1S/C18H11Cl2F4N3OS/c1-26-17(29-12-5-3-11(21)4-6-12)15(16(25-26)18(22,23)24)27(9-28)14-7-2-10(19)8-13(14)20/h2-9H,1H3. The fourth-order valence-electron chi connectivity index (χ4n) is 2.54. The van der Waals surface area contributed by atoms with Gasteiger partial charge in [0.2, 0.25) is 6.41 Å². The minimum Gasteiger partial charge on any atom is -0.278 e. The van der Waals surface area contributed by atoms with E-state index >= 15 is 0 Å². The van der Waals surface area contributed by atoms with Crippen molar-refractivity contribution in [1.82, 2.24) is 9.78 Å². The first kappa shape index (κ1) is 21.5. The maximum absolute atomic E-state index is 13.7. The number of rotatable bonds is 5. The molecule has 3 aromatic rings. The third-order valence-electron chi connectivity index (χ3n) is 3.78. The molecule has 0 fully saturated rings. The monoisotopic (exact) mass is 463 g/mol. The molecule has 1 amide bonds. The highest BCUT2D eigenvalue weighted by Gasteiger charge is 2.41. The Kier molecular flexibility index (Phi) is 6.11. The van der Waals surface area contributed by atoms with Gasteiger partial charge in [0.15, 0.2) is 5.69 Å². The van der Waals surface area contributed by atoms with Gasteiger partial charge in [0.05, 0.1) is 10.7 Å². The first-order valence-electron chi connectivity index (χ1n) is 7.89. The van der Waals surface area contributed by atoms with Crippen molar-refractivity contribution in [3.8, 4) is 0 Å². The summed E-state index contributed by atoms with van der Waals surface area (Å²) < 4.78 is 55.2. The fraction of sp³-hybridized carbons (Fsp3) is 0.111. The summed E-state index contributed by atoms with van der Waals surface area (Å²) in [5.41, 5.74) is -1.75. The van der Waals surface area contributed by atoms with Crippen molar-refractivity contribution in [2.75, 3.05) is 4.90 Å². The molecule has 4 nitrogen and oxygen atoms in total. The molecule has 1 aromatic heterocycles. The van der Waals surface area contributed by atoms with E-state index < -0.39 is 23.4 Å². The van der Waals surface area contributed by atoms with Crippen LogP contribution in [-0.4, -0.2) is 16.2 Å². The van der Waals surface area contributed by atoms with E-state index in [0.29, 0.717) is 4.90 Å². The number of carbonyl (C=O) groups excluding carboxylic acids is 1. The Morgan fingerprint density at radius 3 is 2.34 bits per heavy atom. The molecule has 0 N–H and O–H groups in total. The molecule has 11 heteroatoms. The molecule has 0 atom stereocenters. The van der Waals surface area contributed by atoms with Gasteiger partial charge >= 0.3 is 6.18 Å². The first-order valence-corrected chi connectivity index (χ1v) is 9.46. The Morgan fingerprint density at radius 1 is 1.14 bits per heavy atom. The van der Waals surface area contributed by atoms with Crippen LogP contribution in [0.5, 0.6) is 0 Å². The number of hydrogen-bond donors (Lipinski definition) is 0. The van der Waals surface area contributed by atoms with E-state index in [1.165, 1.54) is 49.5 Å². The van der Waals surface area contributed by atoms with Crippen LogP contribution in [0, 0.1) is 5.82 Å². The van der Waals surface area contributed by atoms with Gasteiger partial charge in [-0.2, -0.15) is 18.3 Å². The van der Waals surface area contributed by atoms with Crippen molar-refractivity contribution in [2.24, 2.45) is 7.05 Å². The molecule has 0 aliphatic heterocycles. The molecule has 0 bridgehead atoms. The maximum atomic E-state index is 13.7. The van der Waals surface area contributed by atoms with Gasteiger partial charge in [-0.3, -0.25) is 14.4 Å². The molecule has 0 spiro atoms. The summed E-state index contributed by atoms with van der Waals surface area (Å²) in [6.45, 7) is 0. The zero-order valence-electron chi connectivity index (χ0n) is 14.5. The number of hydrogen-bond acceptors (Lipinski definition) is 3. The maximum Gasteiger partial charge on any atom is 0.437 e. The lowest BCUT2D eigenvalue weighted by Gasteiger charge is -2.21. The van der Waals surface area contributed by atoms with Crippen molar-refractivity contribution < 1.29 is 22.4 Å². The summed E-state index contributed by atoms with van der Waals surface area (Å²) in [6.07, 6.45) is -4.62. The SMILES string of the molecule is Cn1nc(C(F)(F)F)c(N(C=O)c2ccc(Cl)cc2Cl)c1Sc1ccc(F)cc1. The predicted molar refractivity (Wildman–Crippen MR) is 103 cm³/mol. The van der Waals surface area contributed by atoms with Crippen LogP contribution in [0.3, 0.4) is 0 Å². The topological polar surface area (TPSA) is 38.1 Å². The van der Waals surface area contributed by atoms with Gasteiger partial charge in [0.25, 0.3) is 0 Å². The van der Waals surface area contributed by atoms with Crippen LogP contribution in [-0.2, 0) is 18.0 Å². The van der Waals surface area contributed by atoms with E-state index in [2.05, 4.69) is 5.10 Å². The van der Waals surface area contributed by atoms with Gasteiger partial charge < -0.3 is 0 Å². The number of anilines is 2. The average Bonchev–Trinajstić information content (AvgIpc) is 2.96. The van der Waals surface area contributed by atoms with Crippen LogP contribution in [0.15, 0.2) is 52.4 Å². The zero-order valence-corrected chi connectivity index (χ0v) is 16.9. The van der Waals surface area contributed by atoms with Gasteiger partial charge in [-0.1, -0.05) is 35.0 Å². The van der Waals surface area contributed by atoms with Crippen molar-refractivity contribution in [2.45, 2.75) is 16.1 Å². The number of halogens is 6. The summed E-state index contributed by atoms with van der Waals surface area (Å²) in [6, 6.07) is 9.21. The zero-order chi connectivity index (χ0) is 21.3. The quantitative estimate of drug-likeness (QED) is 0.327.